The first kappa shape index (κ1) is 17.8. The van der Waals surface area contributed by atoms with Crippen molar-refractivity contribution in [1.29, 1.82) is 0 Å². The lowest BCUT2D eigenvalue weighted by Gasteiger charge is -2.46. The minimum Gasteiger partial charge on any atom is -0.495 e. The molecular weight excluding hydrogens is 347 g/mol. The van der Waals surface area contributed by atoms with Crippen molar-refractivity contribution < 1.29 is 9.53 Å². The quantitative estimate of drug-likeness (QED) is 0.810. The number of likely N-dealkylation sites (tertiary alicyclic amines) is 2. The van der Waals surface area contributed by atoms with Crippen molar-refractivity contribution in [3.8, 4) is 5.75 Å². The molecule has 0 aliphatic carbocycles. The first-order valence-corrected chi connectivity index (χ1v) is 9.16. The van der Waals surface area contributed by atoms with Gasteiger partial charge in [0.25, 0.3) is 0 Å². The summed E-state index contributed by atoms with van der Waals surface area (Å²) in [5.74, 6) is 0.991. The lowest BCUT2D eigenvalue weighted by atomic mass is 9.72. The molecule has 1 spiro atoms. The number of nitrogens with zero attached hydrogens (tertiary/aromatic N) is 2. The first-order chi connectivity index (χ1) is 11.4. The van der Waals surface area contributed by atoms with Crippen molar-refractivity contribution in [3.63, 3.8) is 0 Å². The number of piperidine rings is 2. The third-order valence-electron chi connectivity index (χ3n) is 5.47. The molecule has 2 heterocycles. The molecule has 24 heavy (non-hydrogen) atoms. The Balaban J connectivity index is 1.65. The molecule has 2 aliphatic heterocycles. The van der Waals surface area contributed by atoms with Gasteiger partial charge in [0.1, 0.15) is 5.75 Å². The van der Waals surface area contributed by atoms with Gasteiger partial charge in [-0.3, -0.25) is 9.69 Å². The van der Waals surface area contributed by atoms with Crippen LogP contribution in [-0.2, 0) is 11.3 Å². The zero-order valence-electron chi connectivity index (χ0n) is 14.3. The van der Waals surface area contributed by atoms with Crippen LogP contribution in [0.4, 0.5) is 0 Å². The lowest BCUT2D eigenvalue weighted by molar-refractivity contribution is -0.137. The van der Waals surface area contributed by atoms with E-state index in [0.717, 1.165) is 51.0 Å². The monoisotopic (exact) mass is 370 g/mol. The molecule has 0 unspecified atom stereocenters. The van der Waals surface area contributed by atoms with Gasteiger partial charge in [-0.05, 0) is 49.9 Å². The maximum Gasteiger partial charge on any atom is 0.222 e. The van der Waals surface area contributed by atoms with E-state index in [1.54, 1.807) is 13.2 Å². The molecule has 0 aromatic heterocycles. The smallest absolute Gasteiger partial charge is 0.222 e. The zero-order chi connectivity index (χ0) is 17.3. The van der Waals surface area contributed by atoms with E-state index in [-0.39, 0.29) is 5.91 Å². The Morgan fingerprint density at radius 2 is 1.92 bits per heavy atom. The number of halogens is 2. The predicted octanol–water partition coefficient (Wildman–Crippen LogP) is 3.84. The number of benzene rings is 1. The molecule has 0 radical (unpaired) electrons. The van der Waals surface area contributed by atoms with Gasteiger partial charge in [-0.15, -0.1) is 0 Å². The largest absolute Gasteiger partial charge is 0.495 e. The molecule has 2 aliphatic rings. The number of carbonyl (C=O) groups excluding carboxylic acids is 1. The summed E-state index contributed by atoms with van der Waals surface area (Å²) < 4.78 is 5.45. The van der Waals surface area contributed by atoms with Crippen LogP contribution in [0.5, 0.6) is 5.75 Å². The first-order valence-electron chi connectivity index (χ1n) is 8.41. The maximum atomic E-state index is 11.7. The highest BCUT2D eigenvalue weighted by atomic mass is 35.5. The molecule has 132 valence electrons. The Kier molecular flexibility index (Phi) is 5.28. The van der Waals surface area contributed by atoms with Crippen molar-refractivity contribution >= 4 is 29.1 Å². The zero-order valence-corrected chi connectivity index (χ0v) is 15.8. The van der Waals surface area contributed by atoms with Gasteiger partial charge in [-0.1, -0.05) is 23.2 Å². The fourth-order valence-electron chi connectivity index (χ4n) is 4.03. The van der Waals surface area contributed by atoms with E-state index in [2.05, 4.69) is 4.90 Å². The van der Waals surface area contributed by atoms with E-state index < -0.39 is 0 Å². The Hall–Kier alpha value is -0.970. The predicted molar refractivity (Wildman–Crippen MR) is 96.8 cm³/mol. The van der Waals surface area contributed by atoms with Crippen molar-refractivity contribution in [2.45, 2.75) is 32.2 Å². The molecule has 0 saturated carbocycles. The number of hydrogen-bond donors (Lipinski definition) is 0. The van der Waals surface area contributed by atoms with Gasteiger partial charge in [0, 0.05) is 37.1 Å². The Morgan fingerprint density at radius 3 is 2.54 bits per heavy atom. The molecule has 1 amide bonds. The number of rotatable bonds is 3. The molecule has 6 heteroatoms. The SMILES string of the molecule is COc1c(Cl)cc(Cl)cc1CN1CCC2(CCC(=O)N(C)C2)CC1. The van der Waals surface area contributed by atoms with Crippen LogP contribution in [-0.4, -0.2) is 49.5 Å². The second-order valence-electron chi connectivity index (χ2n) is 7.11. The number of carbonyl (C=O) groups is 1. The maximum absolute atomic E-state index is 11.7. The molecule has 1 aromatic rings. The third-order valence-corrected chi connectivity index (χ3v) is 5.97. The van der Waals surface area contributed by atoms with Crippen molar-refractivity contribution in [2.24, 2.45) is 5.41 Å². The summed E-state index contributed by atoms with van der Waals surface area (Å²) in [5, 5.41) is 1.19. The average Bonchev–Trinajstić information content (AvgIpc) is 2.53. The Bertz CT molecular complexity index is 628. The van der Waals surface area contributed by atoms with E-state index >= 15 is 0 Å². The summed E-state index contributed by atoms with van der Waals surface area (Å²) in [5.41, 5.74) is 1.33. The highest BCUT2D eigenvalue weighted by Crippen LogP contribution is 2.41. The fraction of sp³-hybridized carbons (Fsp3) is 0.611. The summed E-state index contributed by atoms with van der Waals surface area (Å²) in [7, 11) is 3.56. The van der Waals surface area contributed by atoms with Crippen molar-refractivity contribution in [1.82, 2.24) is 9.80 Å². The third kappa shape index (κ3) is 3.66. The molecule has 4 nitrogen and oxygen atoms in total. The normalized spacial score (nSPS) is 21.3. The summed E-state index contributed by atoms with van der Waals surface area (Å²) in [6.45, 7) is 3.73. The molecule has 3 rings (SSSR count). The van der Waals surface area contributed by atoms with Crippen LogP contribution in [0.15, 0.2) is 12.1 Å². The lowest BCUT2D eigenvalue weighted by Crippen LogP contribution is -2.50. The number of amides is 1. The summed E-state index contributed by atoms with van der Waals surface area (Å²) in [4.78, 5) is 16.1. The Morgan fingerprint density at radius 1 is 1.21 bits per heavy atom. The van der Waals surface area contributed by atoms with Gasteiger partial charge in [0.2, 0.25) is 5.91 Å². The van der Waals surface area contributed by atoms with E-state index in [9.17, 15) is 4.79 Å². The van der Waals surface area contributed by atoms with Crippen LogP contribution in [0.25, 0.3) is 0 Å². The van der Waals surface area contributed by atoms with Crippen molar-refractivity contribution in [3.05, 3.63) is 27.7 Å². The second-order valence-corrected chi connectivity index (χ2v) is 7.95. The van der Waals surface area contributed by atoms with Gasteiger partial charge < -0.3 is 9.64 Å². The second kappa shape index (κ2) is 7.11. The van der Waals surface area contributed by atoms with E-state index in [1.165, 1.54) is 0 Å². The van der Waals surface area contributed by atoms with Gasteiger partial charge in [-0.2, -0.15) is 0 Å². The number of ether oxygens (including phenoxy) is 1. The van der Waals surface area contributed by atoms with E-state index in [4.69, 9.17) is 27.9 Å². The van der Waals surface area contributed by atoms with E-state index in [0.29, 0.717) is 27.6 Å². The van der Waals surface area contributed by atoms with Crippen LogP contribution in [0.2, 0.25) is 10.0 Å². The molecular formula is C18H24Cl2N2O2. The fourth-order valence-corrected chi connectivity index (χ4v) is 4.64. The van der Waals surface area contributed by atoms with Crippen LogP contribution in [0.1, 0.15) is 31.2 Å². The highest BCUT2D eigenvalue weighted by Gasteiger charge is 2.39. The minimum absolute atomic E-state index is 0.279. The van der Waals surface area contributed by atoms with Crippen molar-refractivity contribution in [2.75, 3.05) is 33.8 Å². The topological polar surface area (TPSA) is 32.8 Å². The molecule has 0 bridgehead atoms. The van der Waals surface area contributed by atoms with Crippen LogP contribution < -0.4 is 4.74 Å². The summed E-state index contributed by atoms with van der Waals surface area (Å²) in [6.07, 6.45) is 3.97. The van der Waals surface area contributed by atoms with Gasteiger partial charge in [-0.25, -0.2) is 0 Å². The summed E-state index contributed by atoms with van der Waals surface area (Å²) >= 11 is 12.4. The molecule has 0 N–H and O–H groups in total. The van der Waals surface area contributed by atoms with Gasteiger partial charge in [0.05, 0.1) is 12.1 Å². The van der Waals surface area contributed by atoms with Crippen LogP contribution in [0.3, 0.4) is 0 Å². The Labute approximate surface area is 153 Å². The minimum atomic E-state index is 0.279. The summed E-state index contributed by atoms with van der Waals surface area (Å²) in [6, 6.07) is 3.65. The van der Waals surface area contributed by atoms with Crippen LogP contribution in [0, 0.1) is 5.41 Å². The molecule has 0 atom stereocenters. The molecule has 2 saturated heterocycles. The molecule has 1 aromatic carbocycles. The highest BCUT2D eigenvalue weighted by molar-refractivity contribution is 6.35. The average molecular weight is 371 g/mol. The number of hydrogen-bond acceptors (Lipinski definition) is 3. The van der Waals surface area contributed by atoms with Gasteiger partial charge >= 0.3 is 0 Å². The van der Waals surface area contributed by atoms with E-state index in [1.807, 2.05) is 18.0 Å². The number of methoxy groups -OCH3 is 1. The standard InChI is InChI=1S/C18H24Cl2N2O2/c1-21-12-18(4-3-16(21)23)5-7-22(8-6-18)11-13-9-14(19)10-15(20)17(13)24-2/h9-10H,3-8,11-12H2,1-2H3. The van der Waals surface area contributed by atoms with Gasteiger partial charge in [0.15, 0.2) is 0 Å². The molecule has 2 fully saturated rings. The van der Waals surface area contributed by atoms with Crippen LogP contribution >= 0.6 is 23.2 Å².